The lowest BCUT2D eigenvalue weighted by atomic mass is 10.1. The van der Waals surface area contributed by atoms with Crippen LogP contribution < -0.4 is 10.7 Å². The molecule has 1 fully saturated rings. The number of nitrogens with zero attached hydrogens (tertiary/aromatic N) is 2. The van der Waals surface area contributed by atoms with Crippen LogP contribution in [0.3, 0.4) is 0 Å². The molecule has 0 unspecified atom stereocenters. The molecule has 1 N–H and O–H groups in total. The molecule has 1 aromatic carbocycles. The Balaban J connectivity index is 0.000000628. The maximum Gasteiger partial charge on any atom is 0.198 e. The van der Waals surface area contributed by atoms with E-state index in [1.807, 2.05) is 42.9 Å². The van der Waals surface area contributed by atoms with Crippen molar-refractivity contribution in [3.8, 4) is 0 Å². The highest BCUT2D eigenvalue weighted by molar-refractivity contribution is 7.98. The molecule has 1 aliphatic heterocycles. The van der Waals surface area contributed by atoms with Crippen LogP contribution >= 0.6 is 11.8 Å². The smallest absolute Gasteiger partial charge is 0.198 e. The average molecular weight is 444 g/mol. The number of anilines is 1. The molecule has 2 aromatic heterocycles. The summed E-state index contributed by atoms with van der Waals surface area (Å²) >= 11 is 1.58. The van der Waals surface area contributed by atoms with Crippen LogP contribution in [0.1, 0.15) is 12.5 Å². The number of hydrogen-bond donors (Lipinski definition) is 1. The molecule has 8 heteroatoms. The summed E-state index contributed by atoms with van der Waals surface area (Å²) in [5, 5.41) is 4.46. The molecule has 0 amide bonds. The number of thioether (sulfide) groups is 1. The van der Waals surface area contributed by atoms with Gasteiger partial charge in [-0.3, -0.25) is 4.79 Å². The van der Waals surface area contributed by atoms with E-state index in [0.717, 1.165) is 48.6 Å². The van der Waals surface area contributed by atoms with Gasteiger partial charge in [0.2, 0.25) is 0 Å². The van der Waals surface area contributed by atoms with E-state index in [1.165, 1.54) is 0 Å². The number of pyridine rings is 2. The normalized spacial score (nSPS) is 13.5. The van der Waals surface area contributed by atoms with Crippen molar-refractivity contribution in [2.45, 2.75) is 25.3 Å². The van der Waals surface area contributed by atoms with Gasteiger partial charge in [0.15, 0.2) is 5.43 Å². The fourth-order valence-electron chi connectivity index (χ4n) is 3.47. The molecule has 0 aliphatic carbocycles. The fraction of sp³-hybridized carbons (Fsp3) is 0.435. The minimum atomic E-state index is -0.0520. The third-order valence-corrected chi connectivity index (χ3v) is 6.17. The molecule has 1 aliphatic rings. The molecule has 0 radical (unpaired) electrons. The molecule has 0 saturated carbocycles. The quantitative estimate of drug-likeness (QED) is 0.340. The number of aldehydes is 1. The number of aromatic nitrogens is 2. The Morgan fingerprint density at radius 1 is 1.29 bits per heavy atom. The van der Waals surface area contributed by atoms with Crippen molar-refractivity contribution in [2.75, 3.05) is 45.0 Å². The minimum Gasteiger partial charge on any atom is -0.385 e. The van der Waals surface area contributed by atoms with E-state index in [0.29, 0.717) is 28.2 Å². The number of methoxy groups -OCH3 is 1. The first kappa shape index (κ1) is 23.2. The van der Waals surface area contributed by atoms with Crippen LogP contribution in [0.4, 0.5) is 5.82 Å². The van der Waals surface area contributed by atoms with Crippen LogP contribution in [0.25, 0.3) is 21.9 Å². The Kier molecular flexibility index (Phi) is 8.06. The fourth-order valence-corrected chi connectivity index (χ4v) is 4.27. The molecule has 7 nitrogen and oxygen atoms in total. The van der Waals surface area contributed by atoms with Crippen molar-refractivity contribution in [2.24, 2.45) is 5.92 Å². The number of fused-ring (bicyclic) bond motifs is 2. The lowest BCUT2D eigenvalue weighted by Gasteiger charge is -2.26. The minimum absolute atomic E-state index is 0.0520. The predicted molar refractivity (Wildman–Crippen MR) is 126 cm³/mol. The number of ether oxygens (including phenoxy) is 2. The first-order valence-corrected chi connectivity index (χ1v) is 11.5. The monoisotopic (exact) mass is 443 g/mol. The van der Waals surface area contributed by atoms with E-state index in [-0.39, 0.29) is 12.0 Å². The number of hydrogen-bond acceptors (Lipinski definition) is 7. The summed E-state index contributed by atoms with van der Waals surface area (Å²) in [6.07, 6.45) is 2.83. The molecule has 0 spiro atoms. The number of carbonyl (C=O) groups excluding carboxylic acids is 1. The number of carbonyl (C=O) groups is 1. The molecule has 3 heterocycles. The summed E-state index contributed by atoms with van der Waals surface area (Å²) in [5.74, 6) is 1.19. The molecule has 4 rings (SSSR count). The third kappa shape index (κ3) is 4.92. The second kappa shape index (κ2) is 10.7. The van der Waals surface area contributed by atoms with Gasteiger partial charge in [0, 0.05) is 36.5 Å². The molecule has 166 valence electrons. The van der Waals surface area contributed by atoms with Gasteiger partial charge in [-0.05, 0) is 43.9 Å². The largest absolute Gasteiger partial charge is 0.385 e. The Morgan fingerprint density at radius 3 is 2.58 bits per heavy atom. The van der Waals surface area contributed by atoms with Crippen LogP contribution in [0, 0.1) is 12.8 Å². The lowest BCUT2D eigenvalue weighted by molar-refractivity contribution is -0.108. The predicted octanol–water partition coefficient (Wildman–Crippen LogP) is 3.49. The second-order valence-electron chi connectivity index (χ2n) is 7.35. The summed E-state index contributed by atoms with van der Waals surface area (Å²) in [6.45, 7) is 7.24. The van der Waals surface area contributed by atoms with Crippen LogP contribution in [-0.2, 0) is 20.8 Å². The van der Waals surface area contributed by atoms with Gasteiger partial charge in [0.05, 0.1) is 30.7 Å². The van der Waals surface area contributed by atoms with Crippen molar-refractivity contribution in [1.29, 1.82) is 0 Å². The van der Waals surface area contributed by atoms with Gasteiger partial charge in [0.25, 0.3) is 0 Å². The Labute approximate surface area is 186 Å². The molecular formula is C23H29N3O4S. The van der Waals surface area contributed by atoms with E-state index >= 15 is 0 Å². The van der Waals surface area contributed by atoms with Gasteiger partial charge in [-0.15, -0.1) is 11.8 Å². The first-order chi connectivity index (χ1) is 15.0. The third-order valence-electron chi connectivity index (χ3n) is 5.25. The molecule has 31 heavy (non-hydrogen) atoms. The van der Waals surface area contributed by atoms with Crippen molar-refractivity contribution >= 4 is 45.8 Å². The zero-order valence-electron chi connectivity index (χ0n) is 18.4. The van der Waals surface area contributed by atoms with Gasteiger partial charge in [-0.2, -0.15) is 0 Å². The summed E-state index contributed by atoms with van der Waals surface area (Å²) in [5.41, 5.74) is 2.34. The zero-order chi connectivity index (χ0) is 22.4. The van der Waals surface area contributed by atoms with Crippen molar-refractivity contribution in [3.63, 3.8) is 0 Å². The number of benzene rings is 1. The summed E-state index contributed by atoms with van der Waals surface area (Å²) in [4.78, 5) is 30.2. The maximum absolute atomic E-state index is 13.1. The highest BCUT2D eigenvalue weighted by Gasteiger charge is 2.19. The van der Waals surface area contributed by atoms with E-state index in [4.69, 9.17) is 4.74 Å². The lowest BCUT2D eigenvalue weighted by Crippen LogP contribution is -2.33. The van der Waals surface area contributed by atoms with E-state index in [9.17, 15) is 9.59 Å². The summed E-state index contributed by atoms with van der Waals surface area (Å²) in [6, 6.07) is 7.42. The standard InChI is InChI=1S/C20H21N3O3S.C3H8O/c1-12-3-4-14-17(19(12)27-2)23(7-8-24)20-15(18(14)25)5-6-16(22-20)21-9-13-10-26-11-13;1-3-4-2/h3-6,8,13H,7,9-11H2,1-2H3,(H,21,22);3H2,1-2H3. The van der Waals surface area contributed by atoms with Gasteiger partial charge in [-0.25, -0.2) is 4.98 Å². The number of nitrogens with one attached hydrogen (secondary N) is 1. The highest BCUT2D eigenvalue weighted by Crippen LogP contribution is 2.30. The van der Waals surface area contributed by atoms with Crippen molar-refractivity contribution in [1.82, 2.24) is 9.55 Å². The molecule has 0 atom stereocenters. The number of aryl methyl sites for hydroxylation is 1. The Bertz CT molecular complexity index is 1120. The van der Waals surface area contributed by atoms with Gasteiger partial charge in [0.1, 0.15) is 17.8 Å². The zero-order valence-corrected chi connectivity index (χ0v) is 19.3. The molecule has 3 aromatic rings. The molecule has 0 bridgehead atoms. The van der Waals surface area contributed by atoms with Gasteiger partial charge < -0.3 is 24.2 Å². The average Bonchev–Trinajstić information content (AvgIpc) is 2.75. The Hall–Kier alpha value is -2.42. The van der Waals surface area contributed by atoms with Crippen LogP contribution in [0.15, 0.2) is 34.0 Å². The Morgan fingerprint density at radius 2 is 2.00 bits per heavy atom. The maximum atomic E-state index is 13.1. The summed E-state index contributed by atoms with van der Waals surface area (Å²) in [7, 11) is 1.68. The molecular weight excluding hydrogens is 414 g/mol. The topological polar surface area (TPSA) is 82.4 Å². The first-order valence-electron chi connectivity index (χ1n) is 10.3. The van der Waals surface area contributed by atoms with Gasteiger partial charge >= 0.3 is 0 Å². The second-order valence-corrected chi connectivity index (χ2v) is 8.16. The highest BCUT2D eigenvalue weighted by atomic mass is 32.2. The summed E-state index contributed by atoms with van der Waals surface area (Å²) < 4.78 is 11.6. The van der Waals surface area contributed by atoms with Crippen molar-refractivity contribution < 1.29 is 14.3 Å². The number of rotatable bonds is 7. The SMILES string of the molecule is CCOC.CSc1c(C)ccc2c(=O)c3ccc(NCC4COC4)nc3n(CC=O)c12. The van der Waals surface area contributed by atoms with E-state index < -0.39 is 0 Å². The van der Waals surface area contributed by atoms with Gasteiger partial charge in [-0.1, -0.05) is 6.07 Å². The van der Waals surface area contributed by atoms with Crippen molar-refractivity contribution in [3.05, 3.63) is 40.1 Å². The van der Waals surface area contributed by atoms with E-state index in [2.05, 4.69) is 15.0 Å². The van der Waals surface area contributed by atoms with Crippen LogP contribution in [-0.4, -0.2) is 55.6 Å². The van der Waals surface area contributed by atoms with Crippen LogP contribution in [0.5, 0.6) is 0 Å². The van der Waals surface area contributed by atoms with Crippen LogP contribution in [0.2, 0.25) is 0 Å². The molecule has 1 saturated heterocycles. The van der Waals surface area contributed by atoms with E-state index in [1.54, 1.807) is 24.9 Å².